The summed E-state index contributed by atoms with van der Waals surface area (Å²) < 4.78 is 28.3. The summed E-state index contributed by atoms with van der Waals surface area (Å²) in [7, 11) is 0. The third-order valence-electron chi connectivity index (χ3n) is 2.98. The number of hydrogen-bond donors (Lipinski definition) is 1. The van der Waals surface area contributed by atoms with Gasteiger partial charge in [0.25, 0.3) is 0 Å². The van der Waals surface area contributed by atoms with Gasteiger partial charge in [-0.05, 0) is 48.4 Å². The molecule has 6 heteroatoms. The van der Waals surface area contributed by atoms with Crippen LogP contribution in [0.1, 0.15) is 11.1 Å². The van der Waals surface area contributed by atoms with Crippen LogP contribution in [0.2, 0.25) is 5.02 Å². The summed E-state index contributed by atoms with van der Waals surface area (Å²) in [6.45, 7) is -1.01. The molecule has 0 aliphatic carbocycles. The average Bonchev–Trinajstić information content (AvgIpc) is 2.43. The van der Waals surface area contributed by atoms with Crippen molar-refractivity contribution in [2.75, 3.05) is 5.32 Å². The molecule has 0 aliphatic heterocycles. The van der Waals surface area contributed by atoms with E-state index in [0.29, 0.717) is 16.3 Å². The van der Waals surface area contributed by atoms with Gasteiger partial charge in [-0.15, -0.1) is 0 Å². The first-order valence-corrected chi connectivity index (χ1v) is 6.91. The van der Waals surface area contributed by atoms with E-state index >= 15 is 0 Å². The van der Waals surface area contributed by atoms with Gasteiger partial charge >= 0.3 is 6.61 Å². The highest BCUT2D eigenvalue weighted by molar-refractivity contribution is 6.30. The molecule has 0 radical (unpaired) electrons. The van der Waals surface area contributed by atoms with E-state index in [2.05, 4.69) is 10.1 Å². The van der Waals surface area contributed by atoms with Gasteiger partial charge in [0, 0.05) is 10.7 Å². The minimum atomic E-state index is -2.86. The van der Waals surface area contributed by atoms with Crippen LogP contribution in [0.3, 0.4) is 0 Å². The third-order valence-corrected chi connectivity index (χ3v) is 3.21. The van der Waals surface area contributed by atoms with E-state index in [1.807, 2.05) is 6.92 Å². The topological polar surface area (TPSA) is 38.3 Å². The maximum atomic E-state index is 12.0. The number of nitrogens with one attached hydrogen (secondary N) is 1. The van der Waals surface area contributed by atoms with Crippen molar-refractivity contribution in [3.05, 3.63) is 58.6 Å². The van der Waals surface area contributed by atoms with Crippen molar-refractivity contribution in [3.63, 3.8) is 0 Å². The van der Waals surface area contributed by atoms with E-state index in [1.165, 1.54) is 12.1 Å². The number of carbonyl (C=O) groups excluding carboxylic acids is 1. The van der Waals surface area contributed by atoms with Crippen LogP contribution in [0.4, 0.5) is 14.5 Å². The Labute approximate surface area is 131 Å². The zero-order chi connectivity index (χ0) is 16.1. The highest BCUT2D eigenvalue weighted by Crippen LogP contribution is 2.20. The Kier molecular flexibility index (Phi) is 5.33. The molecule has 0 bridgehead atoms. The zero-order valence-corrected chi connectivity index (χ0v) is 12.5. The van der Waals surface area contributed by atoms with E-state index in [1.54, 1.807) is 30.3 Å². The molecule has 116 valence electrons. The summed E-state index contributed by atoms with van der Waals surface area (Å²) >= 11 is 5.86. The largest absolute Gasteiger partial charge is 0.435 e. The Hall–Kier alpha value is -2.14. The highest BCUT2D eigenvalue weighted by Gasteiger charge is 2.08. The van der Waals surface area contributed by atoms with E-state index < -0.39 is 6.61 Å². The highest BCUT2D eigenvalue weighted by atomic mass is 35.5. The van der Waals surface area contributed by atoms with Gasteiger partial charge in [-0.2, -0.15) is 8.78 Å². The lowest BCUT2D eigenvalue weighted by atomic mass is 10.1. The molecular weight excluding hydrogens is 312 g/mol. The minimum Gasteiger partial charge on any atom is -0.435 e. The summed E-state index contributed by atoms with van der Waals surface area (Å²) in [5, 5.41) is 3.39. The van der Waals surface area contributed by atoms with Crippen molar-refractivity contribution >= 4 is 23.2 Å². The van der Waals surface area contributed by atoms with E-state index in [0.717, 1.165) is 5.56 Å². The van der Waals surface area contributed by atoms with Crippen LogP contribution in [0.15, 0.2) is 42.5 Å². The first-order chi connectivity index (χ1) is 10.4. The van der Waals surface area contributed by atoms with Crippen molar-refractivity contribution < 1.29 is 18.3 Å². The fraction of sp³-hybridized carbons (Fsp3) is 0.188. The second-order valence-corrected chi connectivity index (χ2v) is 5.14. The lowest BCUT2D eigenvalue weighted by Crippen LogP contribution is -2.15. The lowest BCUT2D eigenvalue weighted by molar-refractivity contribution is -0.115. The third kappa shape index (κ3) is 4.70. The minimum absolute atomic E-state index is 0.0627. The monoisotopic (exact) mass is 325 g/mol. The molecule has 0 spiro atoms. The number of amides is 1. The molecule has 3 nitrogen and oxygen atoms in total. The van der Waals surface area contributed by atoms with Crippen LogP contribution in [0.5, 0.6) is 5.75 Å². The Bertz CT molecular complexity index is 660. The number of carbonyl (C=O) groups is 1. The molecule has 0 saturated heterocycles. The first-order valence-electron chi connectivity index (χ1n) is 6.54. The van der Waals surface area contributed by atoms with Crippen LogP contribution in [0.25, 0.3) is 0 Å². The number of halogens is 3. The van der Waals surface area contributed by atoms with Crippen molar-refractivity contribution in [1.82, 2.24) is 0 Å². The number of aryl methyl sites for hydroxylation is 1. The van der Waals surface area contributed by atoms with Crippen LogP contribution >= 0.6 is 11.6 Å². The Balaban J connectivity index is 1.97. The molecule has 0 unspecified atom stereocenters. The molecule has 1 N–H and O–H groups in total. The van der Waals surface area contributed by atoms with Crippen molar-refractivity contribution in [2.24, 2.45) is 0 Å². The predicted molar refractivity (Wildman–Crippen MR) is 81.6 cm³/mol. The summed E-state index contributed by atoms with van der Waals surface area (Å²) in [4.78, 5) is 12.0. The maximum absolute atomic E-state index is 12.0. The molecule has 0 fully saturated rings. The van der Waals surface area contributed by atoms with E-state index in [-0.39, 0.29) is 18.1 Å². The van der Waals surface area contributed by atoms with Crippen LogP contribution < -0.4 is 10.1 Å². The summed E-state index contributed by atoms with van der Waals surface area (Å²) in [6, 6.07) is 11.1. The van der Waals surface area contributed by atoms with Gasteiger partial charge in [0.2, 0.25) is 5.91 Å². The molecule has 0 aliphatic rings. The predicted octanol–water partition coefficient (Wildman–Crippen LogP) is 4.43. The van der Waals surface area contributed by atoms with Crippen LogP contribution in [0, 0.1) is 6.92 Å². The summed E-state index contributed by atoms with van der Waals surface area (Å²) in [6.07, 6.45) is 0.136. The van der Waals surface area contributed by atoms with Gasteiger partial charge < -0.3 is 10.1 Å². The fourth-order valence-corrected chi connectivity index (χ4v) is 2.16. The number of ether oxygens (including phenoxy) is 1. The SMILES string of the molecule is Cc1cc(Cl)ccc1NC(=O)Cc1ccc(OC(F)F)cc1. The number of hydrogen-bond acceptors (Lipinski definition) is 2. The van der Waals surface area contributed by atoms with Gasteiger partial charge in [0.1, 0.15) is 5.75 Å². The quantitative estimate of drug-likeness (QED) is 0.883. The molecule has 2 rings (SSSR count). The molecule has 0 heterocycles. The van der Waals surface area contributed by atoms with Crippen LogP contribution in [-0.2, 0) is 11.2 Å². The van der Waals surface area contributed by atoms with E-state index in [9.17, 15) is 13.6 Å². The van der Waals surface area contributed by atoms with Gasteiger partial charge in [-0.3, -0.25) is 4.79 Å². The molecule has 0 saturated carbocycles. The molecule has 2 aromatic rings. The number of rotatable bonds is 5. The normalized spacial score (nSPS) is 10.6. The Morgan fingerprint density at radius 3 is 2.50 bits per heavy atom. The summed E-state index contributed by atoms with van der Waals surface area (Å²) in [5.74, 6) is -0.138. The molecule has 22 heavy (non-hydrogen) atoms. The number of alkyl halides is 2. The van der Waals surface area contributed by atoms with Gasteiger partial charge in [-0.1, -0.05) is 23.7 Å². The molecular formula is C16H14ClF2NO2. The average molecular weight is 326 g/mol. The Morgan fingerprint density at radius 2 is 1.91 bits per heavy atom. The molecule has 1 amide bonds. The second-order valence-electron chi connectivity index (χ2n) is 4.71. The van der Waals surface area contributed by atoms with Crippen LogP contribution in [-0.4, -0.2) is 12.5 Å². The second kappa shape index (κ2) is 7.22. The standard InChI is InChI=1S/C16H14ClF2NO2/c1-10-8-12(17)4-7-14(10)20-15(21)9-11-2-5-13(6-3-11)22-16(18)19/h2-8,16H,9H2,1H3,(H,20,21). The summed E-state index contributed by atoms with van der Waals surface area (Å²) in [5.41, 5.74) is 2.25. The van der Waals surface area contributed by atoms with Gasteiger partial charge in [0.15, 0.2) is 0 Å². The lowest BCUT2D eigenvalue weighted by Gasteiger charge is -2.09. The molecule has 2 aromatic carbocycles. The number of anilines is 1. The van der Waals surface area contributed by atoms with Crippen molar-refractivity contribution in [3.8, 4) is 5.75 Å². The van der Waals surface area contributed by atoms with Gasteiger partial charge in [0.05, 0.1) is 6.42 Å². The van der Waals surface area contributed by atoms with Crippen molar-refractivity contribution in [2.45, 2.75) is 20.0 Å². The number of benzene rings is 2. The zero-order valence-electron chi connectivity index (χ0n) is 11.8. The van der Waals surface area contributed by atoms with E-state index in [4.69, 9.17) is 11.6 Å². The van der Waals surface area contributed by atoms with Gasteiger partial charge in [-0.25, -0.2) is 0 Å². The smallest absolute Gasteiger partial charge is 0.387 e. The fourth-order valence-electron chi connectivity index (χ4n) is 1.94. The van der Waals surface area contributed by atoms with Crippen molar-refractivity contribution in [1.29, 1.82) is 0 Å². The maximum Gasteiger partial charge on any atom is 0.387 e. The molecule has 0 atom stereocenters. The first kappa shape index (κ1) is 16.2. The molecule has 0 aromatic heterocycles. The Morgan fingerprint density at radius 1 is 1.23 bits per heavy atom.